The third-order valence-electron chi connectivity index (χ3n) is 2.04. The predicted octanol–water partition coefficient (Wildman–Crippen LogP) is 4.22. The van der Waals surface area contributed by atoms with Gasteiger partial charge in [-0.15, -0.1) is 11.6 Å². The van der Waals surface area contributed by atoms with Gasteiger partial charge in [0, 0.05) is 10.0 Å². The lowest BCUT2D eigenvalue weighted by atomic mass is 10.1. The molecule has 0 bridgehead atoms. The molecule has 6 heteroatoms. The fraction of sp³-hybridized carbons (Fsp3) is 0.385. The van der Waals surface area contributed by atoms with Gasteiger partial charge in [0.2, 0.25) is 0 Å². The largest absolute Gasteiger partial charge is 0.444 e. The molecule has 0 spiro atoms. The molecule has 19 heavy (non-hydrogen) atoms. The van der Waals surface area contributed by atoms with Crippen molar-refractivity contribution < 1.29 is 14.3 Å². The Hall–Kier alpha value is -1.07. The van der Waals surface area contributed by atoms with E-state index in [1.807, 2.05) is 0 Å². The van der Waals surface area contributed by atoms with Crippen LogP contribution in [-0.2, 0) is 4.74 Å². The van der Waals surface area contributed by atoms with E-state index in [0.29, 0.717) is 11.3 Å². The van der Waals surface area contributed by atoms with Crippen LogP contribution in [0.15, 0.2) is 22.7 Å². The molecule has 0 fully saturated rings. The number of Topliss-reactive ketones (excluding diaryl/α,β-unsaturated/α-hetero) is 1. The summed E-state index contributed by atoms with van der Waals surface area (Å²) in [6.07, 6.45) is -0.616. The van der Waals surface area contributed by atoms with E-state index in [9.17, 15) is 9.59 Å². The lowest BCUT2D eigenvalue weighted by Crippen LogP contribution is -2.27. The average Bonchev–Trinajstić information content (AvgIpc) is 2.25. The molecule has 1 N–H and O–H groups in total. The Morgan fingerprint density at radius 2 is 2.00 bits per heavy atom. The Balaban J connectivity index is 2.96. The van der Waals surface area contributed by atoms with Gasteiger partial charge in [-0.3, -0.25) is 10.1 Å². The third-order valence-corrected chi connectivity index (χ3v) is 2.77. The molecule has 0 atom stereocenters. The van der Waals surface area contributed by atoms with Crippen LogP contribution in [0.5, 0.6) is 0 Å². The van der Waals surface area contributed by atoms with E-state index in [2.05, 4.69) is 21.2 Å². The van der Waals surface area contributed by atoms with E-state index in [4.69, 9.17) is 16.3 Å². The Morgan fingerprint density at radius 3 is 2.53 bits per heavy atom. The van der Waals surface area contributed by atoms with Crippen LogP contribution < -0.4 is 5.32 Å². The van der Waals surface area contributed by atoms with E-state index >= 15 is 0 Å². The summed E-state index contributed by atoms with van der Waals surface area (Å²) < 4.78 is 5.88. The highest BCUT2D eigenvalue weighted by Gasteiger charge is 2.18. The SMILES string of the molecule is CC(C)(C)OC(=O)Nc1cc(Br)ccc1C(=O)CCl. The maximum atomic E-state index is 11.7. The summed E-state index contributed by atoms with van der Waals surface area (Å²) in [4.78, 5) is 23.4. The standard InChI is InChI=1S/C13H15BrClNO3/c1-13(2,3)19-12(18)16-10-6-8(14)4-5-9(10)11(17)7-15/h4-6H,7H2,1-3H3,(H,16,18). The third kappa shape index (κ3) is 5.20. The molecule has 1 aromatic carbocycles. The summed E-state index contributed by atoms with van der Waals surface area (Å²) in [7, 11) is 0. The van der Waals surface area contributed by atoms with Crippen molar-refractivity contribution in [2.45, 2.75) is 26.4 Å². The molecule has 0 aliphatic rings. The van der Waals surface area contributed by atoms with E-state index in [-0.39, 0.29) is 11.7 Å². The fourth-order valence-electron chi connectivity index (χ4n) is 1.35. The van der Waals surface area contributed by atoms with Gasteiger partial charge in [0.05, 0.1) is 11.6 Å². The summed E-state index contributed by atoms with van der Waals surface area (Å²) >= 11 is 8.82. The first-order chi connectivity index (χ1) is 8.73. The number of ether oxygens (including phenoxy) is 1. The van der Waals surface area contributed by atoms with Crippen molar-refractivity contribution >= 4 is 45.1 Å². The summed E-state index contributed by atoms with van der Waals surface area (Å²) in [5.41, 5.74) is 0.116. The van der Waals surface area contributed by atoms with Crippen LogP contribution in [0.2, 0.25) is 0 Å². The van der Waals surface area contributed by atoms with Gasteiger partial charge >= 0.3 is 6.09 Å². The molecule has 4 nitrogen and oxygen atoms in total. The summed E-state index contributed by atoms with van der Waals surface area (Å²) in [6.45, 7) is 5.29. The number of ketones is 1. The van der Waals surface area contributed by atoms with Crippen molar-refractivity contribution in [3.8, 4) is 0 Å². The zero-order valence-corrected chi connectivity index (χ0v) is 13.3. The Labute approximate surface area is 125 Å². The number of carbonyl (C=O) groups is 2. The number of hydrogen-bond donors (Lipinski definition) is 1. The van der Waals surface area contributed by atoms with Gasteiger partial charge in [-0.25, -0.2) is 4.79 Å². The highest BCUT2D eigenvalue weighted by Crippen LogP contribution is 2.23. The highest BCUT2D eigenvalue weighted by molar-refractivity contribution is 9.10. The molecule has 1 aromatic rings. The van der Waals surface area contributed by atoms with Gasteiger partial charge in [0.1, 0.15) is 5.60 Å². The maximum Gasteiger partial charge on any atom is 0.412 e. The second-order valence-corrected chi connectivity index (χ2v) is 6.06. The van der Waals surface area contributed by atoms with Crippen molar-refractivity contribution in [1.82, 2.24) is 0 Å². The van der Waals surface area contributed by atoms with Crippen LogP contribution in [0.1, 0.15) is 31.1 Å². The molecule has 1 rings (SSSR count). The van der Waals surface area contributed by atoms with Crippen LogP contribution in [-0.4, -0.2) is 23.4 Å². The number of amides is 1. The summed E-state index contributed by atoms with van der Waals surface area (Å²) in [5, 5.41) is 2.55. The van der Waals surface area contributed by atoms with Gasteiger partial charge < -0.3 is 4.74 Å². The predicted molar refractivity (Wildman–Crippen MR) is 79.0 cm³/mol. The van der Waals surface area contributed by atoms with Crippen molar-refractivity contribution in [2.75, 3.05) is 11.2 Å². The summed E-state index contributed by atoms with van der Waals surface area (Å²) in [5.74, 6) is -0.412. The second kappa shape index (κ2) is 6.39. The van der Waals surface area contributed by atoms with E-state index in [1.165, 1.54) is 0 Å². The van der Waals surface area contributed by atoms with Crippen molar-refractivity contribution in [2.24, 2.45) is 0 Å². The molecule has 0 aliphatic heterocycles. The van der Waals surface area contributed by atoms with Gasteiger partial charge in [0.15, 0.2) is 5.78 Å². The minimum absolute atomic E-state index is 0.148. The normalized spacial score (nSPS) is 11.0. The number of halogens is 2. The molecule has 0 aliphatic carbocycles. The van der Waals surface area contributed by atoms with Crippen LogP contribution in [0.3, 0.4) is 0 Å². The Morgan fingerprint density at radius 1 is 1.37 bits per heavy atom. The van der Waals surface area contributed by atoms with Gasteiger partial charge in [-0.1, -0.05) is 15.9 Å². The molecule has 0 heterocycles. The van der Waals surface area contributed by atoms with E-state index in [0.717, 1.165) is 4.47 Å². The molecule has 0 saturated heterocycles. The molecule has 0 unspecified atom stereocenters. The number of carbonyl (C=O) groups excluding carboxylic acids is 2. The Bertz CT molecular complexity index is 497. The zero-order valence-electron chi connectivity index (χ0n) is 10.9. The number of rotatable bonds is 3. The smallest absolute Gasteiger partial charge is 0.412 e. The number of benzene rings is 1. The molecule has 0 saturated carbocycles. The molecular formula is C13H15BrClNO3. The average molecular weight is 349 g/mol. The lowest BCUT2D eigenvalue weighted by Gasteiger charge is -2.20. The van der Waals surface area contributed by atoms with Gasteiger partial charge in [-0.2, -0.15) is 0 Å². The van der Waals surface area contributed by atoms with Crippen LogP contribution in [0.4, 0.5) is 10.5 Å². The van der Waals surface area contributed by atoms with Crippen LogP contribution in [0.25, 0.3) is 0 Å². The maximum absolute atomic E-state index is 11.7. The molecule has 104 valence electrons. The minimum Gasteiger partial charge on any atom is -0.444 e. The van der Waals surface area contributed by atoms with Crippen molar-refractivity contribution in [3.05, 3.63) is 28.2 Å². The van der Waals surface area contributed by atoms with E-state index in [1.54, 1.807) is 39.0 Å². The summed E-state index contributed by atoms with van der Waals surface area (Å²) in [6, 6.07) is 4.94. The fourth-order valence-corrected chi connectivity index (χ4v) is 1.85. The minimum atomic E-state index is -0.616. The first kappa shape index (κ1) is 16.0. The first-order valence-electron chi connectivity index (χ1n) is 5.61. The van der Waals surface area contributed by atoms with E-state index < -0.39 is 11.7 Å². The van der Waals surface area contributed by atoms with Crippen LogP contribution in [0, 0.1) is 0 Å². The monoisotopic (exact) mass is 347 g/mol. The molecule has 1 amide bonds. The van der Waals surface area contributed by atoms with Crippen molar-refractivity contribution in [3.63, 3.8) is 0 Å². The Kier molecular flexibility index (Phi) is 5.38. The second-order valence-electron chi connectivity index (χ2n) is 4.87. The van der Waals surface area contributed by atoms with Crippen LogP contribution >= 0.6 is 27.5 Å². The van der Waals surface area contributed by atoms with Gasteiger partial charge in [-0.05, 0) is 39.0 Å². The molecule has 0 radical (unpaired) electrons. The number of anilines is 1. The zero-order chi connectivity index (χ0) is 14.6. The quantitative estimate of drug-likeness (QED) is 0.657. The molecular weight excluding hydrogens is 334 g/mol. The first-order valence-corrected chi connectivity index (χ1v) is 6.94. The topological polar surface area (TPSA) is 55.4 Å². The number of hydrogen-bond acceptors (Lipinski definition) is 3. The van der Waals surface area contributed by atoms with Gasteiger partial charge in [0.25, 0.3) is 0 Å². The lowest BCUT2D eigenvalue weighted by molar-refractivity contribution is 0.0636. The number of alkyl halides is 1. The number of nitrogens with one attached hydrogen (secondary N) is 1. The molecule has 0 aromatic heterocycles. The van der Waals surface area contributed by atoms with Crippen molar-refractivity contribution in [1.29, 1.82) is 0 Å². The highest BCUT2D eigenvalue weighted by atomic mass is 79.9.